The summed E-state index contributed by atoms with van der Waals surface area (Å²) < 4.78 is 0. The molecule has 0 fully saturated rings. The van der Waals surface area contributed by atoms with E-state index in [0.29, 0.717) is 16.3 Å². The predicted molar refractivity (Wildman–Crippen MR) is 133 cm³/mol. The minimum absolute atomic E-state index is 0.165. The lowest BCUT2D eigenvalue weighted by Gasteiger charge is -2.17. The number of anilines is 1. The number of fused-ring (bicyclic) bond motifs is 1. The topological polar surface area (TPSA) is 61.2 Å². The molecule has 2 rings (SSSR count). The number of amides is 1. The van der Waals surface area contributed by atoms with Crippen molar-refractivity contribution in [3.63, 3.8) is 0 Å². The van der Waals surface area contributed by atoms with Gasteiger partial charge in [-0.2, -0.15) is 0 Å². The Balaban J connectivity index is 2.27. The van der Waals surface area contributed by atoms with Crippen molar-refractivity contribution in [3.05, 3.63) is 59.4 Å². The van der Waals surface area contributed by atoms with E-state index < -0.39 is 0 Å². The highest BCUT2D eigenvalue weighted by atomic mass is 32.2. The number of rotatable bonds is 9. The third-order valence-electron chi connectivity index (χ3n) is 4.03. The van der Waals surface area contributed by atoms with Crippen molar-refractivity contribution in [2.45, 2.75) is 13.8 Å². The molecular formula is C22H27N5OS2. The minimum Gasteiger partial charge on any atom is -0.377 e. The molecule has 30 heavy (non-hydrogen) atoms. The van der Waals surface area contributed by atoms with Gasteiger partial charge in [0.1, 0.15) is 4.83 Å². The van der Waals surface area contributed by atoms with E-state index in [0.717, 1.165) is 21.7 Å². The summed E-state index contributed by atoms with van der Waals surface area (Å²) >= 11 is 2.95. The number of thioether (sulfide) groups is 1. The van der Waals surface area contributed by atoms with Crippen molar-refractivity contribution in [1.29, 1.82) is 0 Å². The van der Waals surface area contributed by atoms with E-state index in [1.165, 1.54) is 22.6 Å². The van der Waals surface area contributed by atoms with Crippen molar-refractivity contribution >= 4 is 56.8 Å². The fourth-order valence-corrected chi connectivity index (χ4v) is 4.16. The standard InChI is InChI=1S/C22H27N5OS2/c1-7-8-11-29-15-25-16(2)12-17(3)27(14-23-4)22(28)20-13-18-19(26(5)6)9-10-24-21(18)30-20/h7-10,12-15H,2,11H2,1,3-6H3/b8-7-,17-12+,23-14?,25-15?. The molecule has 0 aliphatic carbocycles. The average molecular weight is 442 g/mol. The highest BCUT2D eigenvalue weighted by molar-refractivity contribution is 8.12. The number of thiophene rings is 1. The summed E-state index contributed by atoms with van der Waals surface area (Å²) in [4.78, 5) is 30.9. The fourth-order valence-electron chi connectivity index (χ4n) is 2.61. The van der Waals surface area contributed by atoms with Crippen LogP contribution in [0.5, 0.6) is 0 Å². The Morgan fingerprint density at radius 3 is 2.83 bits per heavy atom. The highest BCUT2D eigenvalue weighted by Crippen LogP contribution is 2.32. The molecule has 0 saturated carbocycles. The first-order valence-electron chi connectivity index (χ1n) is 9.33. The zero-order valence-corrected chi connectivity index (χ0v) is 19.6. The van der Waals surface area contributed by atoms with Gasteiger partial charge in [-0.25, -0.2) is 4.98 Å². The first-order valence-corrected chi connectivity index (χ1v) is 11.2. The Bertz CT molecular complexity index is 1020. The van der Waals surface area contributed by atoms with Crippen LogP contribution in [0.4, 0.5) is 5.69 Å². The van der Waals surface area contributed by atoms with Gasteiger partial charge in [0.05, 0.1) is 22.5 Å². The number of carbonyl (C=O) groups is 1. The number of carbonyl (C=O) groups excluding carboxylic acids is 1. The van der Waals surface area contributed by atoms with Crippen molar-refractivity contribution in [2.75, 3.05) is 31.8 Å². The molecule has 8 heteroatoms. The van der Waals surface area contributed by atoms with Crippen LogP contribution < -0.4 is 4.90 Å². The van der Waals surface area contributed by atoms with Crippen molar-refractivity contribution in [1.82, 2.24) is 9.88 Å². The SMILES string of the molecule is C=C(/C=C(\C)N(C=NC)C(=O)c1cc2c(N(C)C)ccnc2s1)N=CSC/C=C\C. The quantitative estimate of drug-likeness (QED) is 0.176. The zero-order chi connectivity index (χ0) is 22.1. The van der Waals surface area contributed by atoms with E-state index in [-0.39, 0.29) is 5.91 Å². The maximum Gasteiger partial charge on any atom is 0.273 e. The predicted octanol–water partition coefficient (Wildman–Crippen LogP) is 5.22. The molecule has 0 saturated heterocycles. The van der Waals surface area contributed by atoms with Crippen LogP contribution in [0.1, 0.15) is 23.5 Å². The molecule has 0 unspecified atom stereocenters. The molecule has 0 spiro atoms. The number of hydrogen-bond donors (Lipinski definition) is 0. The van der Waals surface area contributed by atoms with Gasteiger partial charge in [0.2, 0.25) is 0 Å². The lowest BCUT2D eigenvalue weighted by Crippen LogP contribution is -2.27. The summed E-state index contributed by atoms with van der Waals surface area (Å²) in [5.74, 6) is 0.694. The van der Waals surface area contributed by atoms with Gasteiger partial charge in [0, 0.05) is 49.9 Å². The number of allylic oxidation sites excluding steroid dienone is 3. The van der Waals surface area contributed by atoms with Gasteiger partial charge in [-0.05, 0) is 32.1 Å². The smallest absolute Gasteiger partial charge is 0.273 e. The van der Waals surface area contributed by atoms with E-state index in [2.05, 4.69) is 27.6 Å². The molecule has 1 amide bonds. The molecule has 0 N–H and O–H groups in total. The molecule has 0 radical (unpaired) electrons. The van der Waals surface area contributed by atoms with E-state index in [1.807, 2.05) is 51.1 Å². The van der Waals surface area contributed by atoms with Gasteiger partial charge in [-0.3, -0.25) is 19.7 Å². The fraction of sp³-hybridized carbons (Fsp3) is 0.273. The van der Waals surface area contributed by atoms with Gasteiger partial charge in [0.25, 0.3) is 5.91 Å². The number of pyridine rings is 1. The molecule has 2 heterocycles. The lowest BCUT2D eigenvalue weighted by atomic mass is 10.2. The minimum atomic E-state index is -0.165. The summed E-state index contributed by atoms with van der Waals surface area (Å²) in [5, 5.41) is 0.957. The maximum absolute atomic E-state index is 13.2. The second kappa shape index (κ2) is 11.5. The van der Waals surface area contributed by atoms with Crippen LogP contribution in [0, 0.1) is 0 Å². The van der Waals surface area contributed by atoms with Crippen molar-refractivity contribution in [2.24, 2.45) is 9.98 Å². The van der Waals surface area contributed by atoms with Crippen molar-refractivity contribution < 1.29 is 4.79 Å². The summed E-state index contributed by atoms with van der Waals surface area (Å²) in [6.07, 6.45) is 9.09. The Morgan fingerprint density at radius 1 is 1.40 bits per heavy atom. The van der Waals surface area contributed by atoms with Gasteiger partial charge in [-0.1, -0.05) is 18.7 Å². The third kappa shape index (κ3) is 6.14. The molecule has 6 nitrogen and oxygen atoms in total. The zero-order valence-electron chi connectivity index (χ0n) is 18.0. The molecule has 0 atom stereocenters. The summed E-state index contributed by atoms with van der Waals surface area (Å²) in [7, 11) is 5.58. The third-order valence-corrected chi connectivity index (χ3v) is 5.70. The normalized spacial score (nSPS) is 12.5. The monoisotopic (exact) mass is 441 g/mol. The number of aromatic nitrogens is 1. The second-order valence-corrected chi connectivity index (χ2v) is 8.42. The Hall–Kier alpha value is -2.71. The Labute approximate surface area is 186 Å². The van der Waals surface area contributed by atoms with Crippen LogP contribution in [0.25, 0.3) is 10.2 Å². The second-order valence-electron chi connectivity index (χ2n) is 6.52. The highest BCUT2D eigenvalue weighted by Gasteiger charge is 2.20. The number of aliphatic imine (C=N–C) groups is 2. The molecule has 0 aromatic carbocycles. The molecule has 158 valence electrons. The average Bonchev–Trinajstić information content (AvgIpc) is 3.15. The summed E-state index contributed by atoms with van der Waals surface area (Å²) in [6.45, 7) is 7.77. The van der Waals surface area contributed by atoms with E-state index in [4.69, 9.17) is 0 Å². The molecule has 0 bridgehead atoms. The Morgan fingerprint density at radius 2 is 2.17 bits per heavy atom. The summed E-state index contributed by atoms with van der Waals surface area (Å²) in [5.41, 5.74) is 4.03. The molecular weight excluding hydrogens is 414 g/mol. The molecule has 2 aromatic rings. The first-order chi connectivity index (χ1) is 14.4. The lowest BCUT2D eigenvalue weighted by molar-refractivity contribution is 0.0886. The van der Waals surface area contributed by atoms with Crippen LogP contribution in [0.3, 0.4) is 0 Å². The first kappa shape index (κ1) is 23.6. The van der Waals surface area contributed by atoms with E-state index >= 15 is 0 Å². The van der Waals surface area contributed by atoms with E-state index in [9.17, 15) is 4.79 Å². The van der Waals surface area contributed by atoms with Crippen molar-refractivity contribution in [3.8, 4) is 0 Å². The molecule has 2 aromatic heterocycles. The van der Waals surface area contributed by atoms with Gasteiger partial charge in [-0.15, -0.1) is 23.1 Å². The molecule has 0 aliphatic heterocycles. The van der Waals surface area contributed by atoms with Crippen LogP contribution in [0.15, 0.2) is 64.5 Å². The van der Waals surface area contributed by atoms with E-state index in [1.54, 1.807) is 36.6 Å². The van der Waals surface area contributed by atoms with Crippen LogP contribution >= 0.6 is 23.1 Å². The Kier molecular flexibility index (Phi) is 9.01. The van der Waals surface area contributed by atoms with Crippen LogP contribution in [0.2, 0.25) is 0 Å². The molecule has 0 aliphatic rings. The maximum atomic E-state index is 13.2. The summed E-state index contributed by atoms with van der Waals surface area (Å²) in [6, 6.07) is 3.83. The van der Waals surface area contributed by atoms with Gasteiger partial charge < -0.3 is 4.90 Å². The largest absolute Gasteiger partial charge is 0.377 e. The number of hydrogen-bond acceptors (Lipinski definition) is 7. The van der Waals surface area contributed by atoms with Gasteiger partial charge in [0.15, 0.2) is 0 Å². The van der Waals surface area contributed by atoms with Crippen LogP contribution in [-0.2, 0) is 0 Å². The number of nitrogens with zero attached hydrogens (tertiary/aromatic N) is 5. The van der Waals surface area contributed by atoms with Gasteiger partial charge >= 0.3 is 0 Å². The van der Waals surface area contributed by atoms with Crippen LogP contribution in [-0.4, -0.2) is 54.6 Å².